The van der Waals surface area contributed by atoms with Gasteiger partial charge in [0, 0.05) is 5.41 Å². The number of benzene rings is 2. The molecule has 0 bridgehead atoms. The predicted octanol–water partition coefficient (Wildman–Crippen LogP) is 3.70. The van der Waals surface area contributed by atoms with Crippen molar-refractivity contribution in [2.45, 2.75) is 0 Å². The summed E-state index contributed by atoms with van der Waals surface area (Å²) in [7, 11) is -2.23. The summed E-state index contributed by atoms with van der Waals surface area (Å²) in [5, 5.41) is 1.08. The second-order valence-corrected chi connectivity index (χ2v) is 5.48. The van der Waals surface area contributed by atoms with Crippen LogP contribution >= 0.6 is 0 Å². The number of para-hydroxylation sites is 1. The summed E-state index contributed by atoms with van der Waals surface area (Å²) in [4.78, 5) is 0. The zero-order chi connectivity index (χ0) is 14.4. The van der Waals surface area contributed by atoms with E-state index in [1.165, 1.54) is 13.2 Å². The highest BCUT2D eigenvalue weighted by Gasteiger charge is 1.98. The molecule has 2 aromatic carbocycles. The molecular weight excluding hydrogens is 274 g/mol. The maximum Gasteiger partial charge on any atom is 0.116 e. The molecule has 0 unspecified atom stereocenters. The SMILES string of the molecule is COc1ccccc1[N-]S(=O)(=O)C=Cc1ccccc1. The highest BCUT2D eigenvalue weighted by atomic mass is 32.2. The average molecular weight is 288 g/mol. The van der Waals surface area contributed by atoms with Crippen molar-refractivity contribution in [3.63, 3.8) is 0 Å². The highest BCUT2D eigenvalue weighted by Crippen LogP contribution is 2.33. The Morgan fingerprint density at radius 1 is 1.00 bits per heavy atom. The molecule has 0 aliphatic carbocycles. The summed E-state index contributed by atoms with van der Waals surface area (Å²) in [6.45, 7) is 0. The molecule has 5 heteroatoms. The van der Waals surface area contributed by atoms with Crippen molar-refractivity contribution >= 4 is 21.8 Å². The van der Waals surface area contributed by atoms with Gasteiger partial charge in [-0.1, -0.05) is 54.2 Å². The van der Waals surface area contributed by atoms with Gasteiger partial charge < -0.3 is 9.46 Å². The fourth-order valence-electron chi connectivity index (χ4n) is 1.60. The molecule has 0 fully saturated rings. The van der Waals surface area contributed by atoms with Crippen LogP contribution in [0.4, 0.5) is 5.69 Å². The van der Waals surface area contributed by atoms with E-state index in [0.29, 0.717) is 5.75 Å². The minimum atomic E-state index is -3.70. The third-order valence-corrected chi connectivity index (χ3v) is 3.47. The van der Waals surface area contributed by atoms with Crippen LogP contribution in [0.25, 0.3) is 10.8 Å². The smallest absolute Gasteiger partial charge is 0.116 e. The van der Waals surface area contributed by atoms with Gasteiger partial charge in [-0.15, -0.1) is 0 Å². The van der Waals surface area contributed by atoms with E-state index in [-0.39, 0.29) is 5.69 Å². The van der Waals surface area contributed by atoms with E-state index >= 15 is 0 Å². The van der Waals surface area contributed by atoms with E-state index in [9.17, 15) is 8.42 Å². The molecule has 104 valence electrons. The summed E-state index contributed by atoms with van der Waals surface area (Å²) in [6, 6.07) is 15.9. The quantitative estimate of drug-likeness (QED) is 0.842. The van der Waals surface area contributed by atoms with Crippen molar-refractivity contribution < 1.29 is 13.2 Å². The molecule has 2 rings (SSSR count). The van der Waals surface area contributed by atoms with Crippen molar-refractivity contribution in [3.8, 4) is 5.75 Å². The molecule has 0 aliphatic heterocycles. The number of hydrogen-bond donors (Lipinski definition) is 0. The zero-order valence-electron chi connectivity index (χ0n) is 10.9. The summed E-state index contributed by atoms with van der Waals surface area (Å²) in [6.07, 6.45) is 1.51. The Balaban J connectivity index is 2.18. The van der Waals surface area contributed by atoms with E-state index in [4.69, 9.17) is 4.74 Å². The van der Waals surface area contributed by atoms with Gasteiger partial charge in [-0.25, -0.2) is 8.42 Å². The van der Waals surface area contributed by atoms with Gasteiger partial charge in [0.15, 0.2) is 0 Å². The van der Waals surface area contributed by atoms with E-state index in [1.807, 2.05) is 30.3 Å². The Labute approximate surface area is 118 Å². The van der Waals surface area contributed by atoms with E-state index in [2.05, 4.69) is 4.72 Å². The third kappa shape index (κ3) is 3.86. The Morgan fingerprint density at radius 3 is 2.35 bits per heavy atom. The van der Waals surface area contributed by atoms with Crippen LogP contribution < -0.4 is 4.74 Å². The maximum atomic E-state index is 11.9. The molecule has 0 saturated carbocycles. The minimum Gasteiger partial charge on any atom is -0.570 e. The van der Waals surface area contributed by atoms with Crippen LogP contribution in [0.1, 0.15) is 5.56 Å². The van der Waals surface area contributed by atoms with Crippen LogP contribution in [0.3, 0.4) is 0 Å². The van der Waals surface area contributed by atoms with Crippen LogP contribution in [-0.4, -0.2) is 15.5 Å². The molecule has 0 saturated heterocycles. The predicted molar refractivity (Wildman–Crippen MR) is 80.4 cm³/mol. The maximum absolute atomic E-state index is 11.9. The molecule has 0 amide bonds. The topological polar surface area (TPSA) is 57.5 Å². The number of sulfonamides is 1. The standard InChI is InChI=1S/C15H14NO3S/c1-19-15-10-6-5-9-14(15)16-20(17,18)12-11-13-7-3-2-4-8-13/h2-12H,1H3/q-1. The van der Waals surface area contributed by atoms with Crippen LogP contribution in [0.5, 0.6) is 5.75 Å². The Morgan fingerprint density at radius 2 is 1.65 bits per heavy atom. The van der Waals surface area contributed by atoms with Crippen LogP contribution in [0, 0.1) is 0 Å². The molecule has 0 spiro atoms. The first-order valence-corrected chi connectivity index (χ1v) is 7.45. The van der Waals surface area contributed by atoms with Crippen LogP contribution in [0.15, 0.2) is 60.0 Å². The van der Waals surface area contributed by atoms with Gasteiger partial charge in [0.2, 0.25) is 0 Å². The van der Waals surface area contributed by atoms with Crippen LogP contribution in [-0.2, 0) is 10.0 Å². The second kappa shape index (κ2) is 6.25. The Bertz CT molecular complexity index is 694. The van der Waals surface area contributed by atoms with Crippen molar-refractivity contribution in [1.29, 1.82) is 0 Å². The number of hydrogen-bond acceptors (Lipinski definition) is 3. The fraction of sp³-hybridized carbons (Fsp3) is 0.0667. The lowest BCUT2D eigenvalue weighted by molar-refractivity contribution is 0.417. The Hall–Kier alpha value is -2.27. The number of nitrogens with zero attached hydrogens (tertiary/aromatic N) is 1. The lowest BCUT2D eigenvalue weighted by Crippen LogP contribution is -1.92. The van der Waals surface area contributed by atoms with Gasteiger partial charge in [0.25, 0.3) is 0 Å². The molecule has 0 radical (unpaired) electrons. The summed E-state index contributed by atoms with van der Waals surface area (Å²) in [5.41, 5.74) is 1.08. The molecule has 0 atom stereocenters. The van der Waals surface area contributed by atoms with Gasteiger partial charge in [0.05, 0.1) is 7.11 Å². The van der Waals surface area contributed by atoms with Crippen LogP contribution in [0.2, 0.25) is 0 Å². The number of ether oxygens (including phenoxy) is 1. The lowest BCUT2D eigenvalue weighted by atomic mass is 10.2. The van der Waals surface area contributed by atoms with Gasteiger partial charge >= 0.3 is 0 Å². The molecule has 0 aromatic heterocycles. The summed E-state index contributed by atoms with van der Waals surface area (Å²) in [5.74, 6) is 0.421. The zero-order valence-corrected chi connectivity index (χ0v) is 11.7. The first-order chi connectivity index (χ1) is 9.61. The largest absolute Gasteiger partial charge is 0.570 e. The van der Waals surface area contributed by atoms with Gasteiger partial charge in [0.1, 0.15) is 15.8 Å². The first-order valence-electron chi connectivity index (χ1n) is 5.95. The van der Waals surface area contributed by atoms with E-state index in [1.54, 1.807) is 24.3 Å². The minimum absolute atomic E-state index is 0.285. The van der Waals surface area contributed by atoms with Crippen molar-refractivity contribution in [2.75, 3.05) is 7.11 Å². The summed E-state index contributed by atoms with van der Waals surface area (Å²) >= 11 is 0. The molecule has 0 heterocycles. The summed E-state index contributed by atoms with van der Waals surface area (Å²) < 4.78 is 32.7. The van der Waals surface area contributed by atoms with Crippen molar-refractivity contribution in [2.24, 2.45) is 0 Å². The van der Waals surface area contributed by atoms with Gasteiger partial charge in [-0.3, -0.25) is 0 Å². The lowest BCUT2D eigenvalue weighted by Gasteiger charge is -2.21. The second-order valence-electron chi connectivity index (χ2n) is 3.99. The average Bonchev–Trinajstić information content (AvgIpc) is 2.47. The molecule has 4 nitrogen and oxygen atoms in total. The number of rotatable bonds is 5. The number of methoxy groups -OCH3 is 1. The molecule has 0 N–H and O–H groups in total. The monoisotopic (exact) mass is 288 g/mol. The van der Waals surface area contributed by atoms with Gasteiger partial charge in [-0.2, -0.15) is 0 Å². The third-order valence-electron chi connectivity index (χ3n) is 2.54. The fourth-order valence-corrected chi connectivity index (χ4v) is 2.42. The van der Waals surface area contributed by atoms with E-state index < -0.39 is 10.0 Å². The van der Waals surface area contributed by atoms with Gasteiger partial charge in [-0.05, 0) is 17.7 Å². The first kappa shape index (κ1) is 14.1. The Kier molecular flexibility index (Phi) is 4.42. The highest BCUT2D eigenvalue weighted by molar-refractivity contribution is 7.97. The van der Waals surface area contributed by atoms with Crippen molar-refractivity contribution in [3.05, 3.63) is 70.3 Å². The molecule has 20 heavy (non-hydrogen) atoms. The molecule has 0 aliphatic rings. The normalized spacial score (nSPS) is 11.4. The molecule has 2 aromatic rings. The van der Waals surface area contributed by atoms with Crippen molar-refractivity contribution in [1.82, 2.24) is 0 Å². The van der Waals surface area contributed by atoms with E-state index in [0.717, 1.165) is 11.0 Å². The molecular formula is C15H14NO3S-.